The zero-order valence-electron chi connectivity index (χ0n) is 14.7. The SMILES string of the molecule is O=C([C@H]1CCCN(Cc2ccccc2)C1)N1CCc2ccccc2C1. The number of benzene rings is 2. The summed E-state index contributed by atoms with van der Waals surface area (Å²) >= 11 is 0. The summed E-state index contributed by atoms with van der Waals surface area (Å²) in [6, 6.07) is 19.1. The number of carbonyl (C=O) groups is 1. The van der Waals surface area contributed by atoms with Crippen molar-refractivity contribution in [1.29, 1.82) is 0 Å². The van der Waals surface area contributed by atoms with Gasteiger partial charge in [0.2, 0.25) is 5.91 Å². The molecule has 1 atom stereocenters. The number of carbonyl (C=O) groups excluding carboxylic acids is 1. The molecule has 2 aromatic carbocycles. The molecule has 0 spiro atoms. The molecule has 0 saturated carbocycles. The Balaban J connectivity index is 1.39. The van der Waals surface area contributed by atoms with Crippen molar-refractivity contribution in [2.24, 2.45) is 5.92 Å². The van der Waals surface area contributed by atoms with Crippen LogP contribution in [0, 0.1) is 5.92 Å². The van der Waals surface area contributed by atoms with E-state index in [0.717, 1.165) is 52.0 Å². The molecule has 0 unspecified atom stereocenters. The third-order valence-corrected chi connectivity index (χ3v) is 5.55. The highest BCUT2D eigenvalue weighted by Gasteiger charge is 2.30. The van der Waals surface area contributed by atoms with Gasteiger partial charge in [-0.1, -0.05) is 54.6 Å². The lowest BCUT2D eigenvalue weighted by atomic mass is 9.93. The first-order valence-electron chi connectivity index (χ1n) is 9.41. The predicted molar refractivity (Wildman–Crippen MR) is 100 cm³/mol. The van der Waals surface area contributed by atoms with Crippen molar-refractivity contribution < 1.29 is 4.79 Å². The van der Waals surface area contributed by atoms with Crippen LogP contribution in [0.4, 0.5) is 0 Å². The first kappa shape index (κ1) is 16.3. The van der Waals surface area contributed by atoms with Crippen LogP contribution in [0.15, 0.2) is 54.6 Å². The lowest BCUT2D eigenvalue weighted by Gasteiger charge is -2.36. The van der Waals surface area contributed by atoms with E-state index >= 15 is 0 Å². The van der Waals surface area contributed by atoms with Crippen LogP contribution in [0.1, 0.15) is 29.5 Å². The zero-order valence-corrected chi connectivity index (χ0v) is 14.7. The molecule has 3 nitrogen and oxygen atoms in total. The molecular weight excluding hydrogens is 308 g/mol. The van der Waals surface area contributed by atoms with Gasteiger partial charge in [0, 0.05) is 26.2 Å². The normalized spacial score (nSPS) is 21.0. The molecule has 1 fully saturated rings. The summed E-state index contributed by atoms with van der Waals surface area (Å²) in [5.74, 6) is 0.509. The van der Waals surface area contributed by atoms with Crippen molar-refractivity contribution in [3.05, 3.63) is 71.3 Å². The van der Waals surface area contributed by atoms with Crippen LogP contribution in [0.5, 0.6) is 0 Å². The van der Waals surface area contributed by atoms with Crippen molar-refractivity contribution in [3.8, 4) is 0 Å². The zero-order chi connectivity index (χ0) is 17.1. The largest absolute Gasteiger partial charge is 0.338 e. The maximum absolute atomic E-state index is 13.1. The predicted octanol–water partition coefficient (Wildman–Crippen LogP) is 3.48. The smallest absolute Gasteiger partial charge is 0.227 e. The van der Waals surface area contributed by atoms with Crippen LogP contribution in [0.2, 0.25) is 0 Å². The molecule has 0 aliphatic carbocycles. The fourth-order valence-corrected chi connectivity index (χ4v) is 4.18. The molecule has 2 aliphatic rings. The van der Waals surface area contributed by atoms with E-state index < -0.39 is 0 Å². The van der Waals surface area contributed by atoms with Gasteiger partial charge in [-0.2, -0.15) is 0 Å². The topological polar surface area (TPSA) is 23.6 Å². The molecule has 3 heteroatoms. The molecule has 0 bridgehead atoms. The Morgan fingerprint density at radius 3 is 2.56 bits per heavy atom. The molecule has 130 valence electrons. The van der Waals surface area contributed by atoms with Crippen molar-refractivity contribution in [1.82, 2.24) is 9.80 Å². The summed E-state index contributed by atoms with van der Waals surface area (Å²) in [5, 5.41) is 0. The first-order chi connectivity index (χ1) is 12.3. The number of amides is 1. The van der Waals surface area contributed by atoms with Gasteiger partial charge in [-0.3, -0.25) is 9.69 Å². The molecular formula is C22H26N2O. The third kappa shape index (κ3) is 3.77. The average Bonchev–Trinajstić information content (AvgIpc) is 2.68. The highest BCUT2D eigenvalue weighted by atomic mass is 16.2. The molecule has 1 saturated heterocycles. The van der Waals surface area contributed by atoms with E-state index in [9.17, 15) is 4.79 Å². The molecule has 2 heterocycles. The van der Waals surface area contributed by atoms with E-state index in [0.29, 0.717) is 5.91 Å². The molecule has 1 amide bonds. The second-order valence-corrected chi connectivity index (χ2v) is 7.34. The molecule has 0 radical (unpaired) electrons. The lowest BCUT2D eigenvalue weighted by molar-refractivity contribution is -0.138. The number of likely N-dealkylation sites (tertiary alicyclic amines) is 1. The van der Waals surface area contributed by atoms with Crippen LogP contribution in [0.3, 0.4) is 0 Å². The minimum atomic E-state index is 0.155. The maximum Gasteiger partial charge on any atom is 0.227 e. The Kier molecular flexibility index (Phi) is 4.84. The summed E-state index contributed by atoms with van der Waals surface area (Å²) in [6.07, 6.45) is 3.14. The van der Waals surface area contributed by atoms with E-state index in [1.54, 1.807) is 0 Å². The van der Waals surface area contributed by atoms with Crippen LogP contribution >= 0.6 is 0 Å². The Labute approximate surface area is 150 Å². The minimum absolute atomic E-state index is 0.155. The number of fused-ring (bicyclic) bond motifs is 1. The van der Waals surface area contributed by atoms with Gasteiger partial charge in [0.1, 0.15) is 0 Å². The number of nitrogens with zero attached hydrogens (tertiary/aromatic N) is 2. The second-order valence-electron chi connectivity index (χ2n) is 7.34. The fraction of sp³-hybridized carbons (Fsp3) is 0.409. The van der Waals surface area contributed by atoms with Crippen molar-refractivity contribution in [2.75, 3.05) is 19.6 Å². The van der Waals surface area contributed by atoms with Gasteiger partial charge in [-0.05, 0) is 42.5 Å². The Morgan fingerprint density at radius 2 is 1.72 bits per heavy atom. The van der Waals surface area contributed by atoms with E-state index in [2.05, 4.69) is 64.4 Å². The Morgan fingerprint density at radius 1 is 0.960 bits per heavy atom. The molecule has 2 aromatic rings. The summed E-state index contributed by atoms with van der Waals surface area (Å²) < 4.78 is 0. The molecule has 0 N–H and O–H groups in total. The van der Waals surface area contributed by atoms with Crippen molar-refractivity contribution in [3.63, 3.8) is 0 Å². The van der Waals surface area contributed by atoms with Gasteiger partial charge in [0.15, 0.2) is 0 Å². The van der Waals surface area contributed by atoms with Gasteiger partial charge in [-0.25, -0.2) is 0 Å². The fourth-order valence-electron chi connectivity index (χ4n) is 4.18. The highest BCUT2D eigenvalue weighted by molar-refractivity contribution is 5.79. The highest BCUT2D eigenvalue weighted by Crippen LogP contribution is 2.24. The molecule has 25 heavy (non-hydrogen) atoms. The third-order valence-electron chi connectivity index (χ3n) is 5.55. The van der Waals surface area contributed by atoms with Crippen molar-refractivity contribution in [2.45, 2.75) is 32.4 Å². The van der Waals surface area contributed by atoms with Crippen LogP contribution in [0.25, 0.3) is 0 Å². The average molecular weight is 334 g/mol. The first-order valence-corrected chi connectivity index (χ1v) is 9.41. The summed E-state index contributed by atoms with van der Waals surface area (Å²) in [5.41, 5.74) is 4.06. The molecule has 2 aliphatic heterocycles. The van der Waals surface area contributed by atoms with Gasteiger partial charge in [0.25, 0.3) is 0 Å². The van der Waals surface area contributed by atoms with E-state index in [-0.39, 0.29) is 5.92 Å². The van der Waals surface area contributed by atoms with Gasteiger partial charge in [0.05, 0.1) is 5.92 Å². The molecule has 4 rings (SSSR count). The van der Waals surface area contributed by atoms with Crippen LogP contribution in [-0.2, 0) is 24.3 Å². The Bertz CT molecular complexity index is 728. The summed E-state index contributed by atoms with van der Waals surface area (Å²) in [6.45, 7) is 4.59. The van der Waals surface area contributed by atoms with E-state index in [4.69, 9.17) is 0 Å². The van der Waals surface area contributed by atoms with E-state index in [1.165, 1.54) is 16.7 Å². The standard InChI is InChI=1S/C22H26N2O/c25-22(24-14-12-19-9-4-5-10-20(19)17-24)21-11-6-13-23(16-21)15-18-7-2-1-3-8-18/h1-5,7-10,21H,6,11-17H2/t21-/m0/s1. The number of hydrogen-bond donors (Lipinski definition) is 0. The monoisotopic (exact) mass is 334 g/mol. The quantitative estimate of drug-likeness (QED) is 0.858. The Hall–Kier alpha value is -2.13. The summed E-state index contributed by atoms with van der Waals surface area (Å²) in [7, 11) is 0. The minimum Gasteiger partial charge on any atom is -0.338 e. The van der Waals surface area contributed by atoms with Crippen LogP contribution in [-0.4, -0.2) is 35.3 Å². The summed E-state index contributed by atoms with van der Waals surface area (Å²) in [4.78, 5) is 17.6. The number of rotatable bonds is 3. The molecule has 0 aromatic heterocycles. The van der Waals surface area contributed by atoms with Gasteiger partial charge in [-0.15, -0.1) is 0 Å². The maximum atomic E-state index is 13.1. The number of piperidine rings is 1. The lowest BCUT2D eigenvalue weighted by Crippen LogP contribution is -2.46. The van der Waals surface area contributed by atoms with E-state index in [1.807, 2.05) is 0 Å². The van der Waals surface area contributed by atoms with Crippen molar-refractivity contribution >= 4 is 5.91 Å². The number of hydrogen-bond acceptors (Lipinski definition) is 2. The van der Waals surface area contributed by atoms with Gasteiger partial charge >= 0.3 is 0 Å². The van der Waals surface area contributed by atoms with Gasteiger partial charge < -0.3 is 4.90 Å². The van der Waals surface area contributed by atoms with Crippen LogP contribution < -0.4 is 0 Å². The second kappa shape index (κ2) is 7.40.